The van der Waals surface area contributed by atoms with Gasteiger partial charge < -0.3 is 15.2 Å². The first-order chi connectivity index (χ1) is 9.94. The molecule has 0 saturated carbocycles. The Balaban J connectivity index is 2.27. The van der Waals surface area contributed by atoms with Gasteiger partial charge >= 0.3 is 0 Å². The zero-order valence-electron chi connectivity index (χ0n) is 12.7. The van der Waals surface area contributed by atoms with Gasteiger partial charge in [-0.05, 0) is 39.4 Å². The lowest BCUT2D eigenvalue weighted by molar-refractivity contribution is -0.121. The van der Waals surface area contributed by atoms with Crippen LogP contribution in [0.5, 0.6) is 0 Å². The zero-order valence-corrected chi connectivity index (χ0v) is 12.7. The van der Waals surface area contributed by atoms with E-state index < -0.39 is 5.54 Å². The Labute approximate surface area is 123 Å². The minimum absolute atomic E-state index is 0.118. The third-order valence-corrected chi connectivity index (χ3v) is 3.12. The van der Waals surface area contributed by atoms with Crippen molar-refractivity contribution in [1.82, 2.24) is 15.5 Å². The lowest BCUT2D eigenvalue weighted by Crippen LogP contribution is -2.49. The van der Waals surface area contributed by atoms with E-state index in [-0.39, 0.29) is 5.91 Å². The molecule has 2 N–H and O–H groups in total. The number of amides is 1. The maximum Gasteiger partial charge on any atom is 0.260 e. The summed E-state index contributed by atoms with van der Waals surface area (Å²) in [7, 11) is 0. The molecule has 112 valence electrons. The van der Waals surface area contributed by atoms with Crippen molar-refractivity contribution in [2.45, 2.75) is 33.2 Å². The molecule has 0 aliphatic carbocycles. The number of likely N-dealkylation sites (N-methyl/N-ethyl adjacent to an activating group) is 1. The molecule has 1 amide bonds. The number of carbonyl (C=O) groups excluding carboxylic acids is 1. The van der Waals surface area contributed by atoms with E-state index in [1.54, 1.807) is 6.92 Å². The number of nitrogens with zero attached hydrogens (tertiary/aromatic N) is 2. The van der Waals surface area contributed by atoms with Crippen LogP contribution >= 0.6 is 0 Å². The van der Waals surface area contributed by atoms with Gasteiger partial charge in [-0.2, -0.15) is 4.98 Å². The Kier molecular flexibility index (Phi) is 4.37. The van der Waals surface area contributed by atoms with Crippen molar-refractivity contribution in [3.8, 4) is 11.5 Å². The number of nitrogens with one attached hydrogen (secondary N) is 2. The standard InChI is InChI=1S/C15H20N4O2/c1-5-16-15(3,4)14(20)18-12-9-7-6-8-11(12)13-17-10(2)19-21-13/h6-9,16H,5H2,1-4H3,(H,18,20). The average molecular weight is 288 g/mol. The van der Waals surface area contributed by atoms with E-state index >= 15 is 0 Å². The molecule has 1 aromatic carbocycles. The maximum absolute atomic E-state index is 12.4. The molecule has 1 heterocycles. The Hall–Kier alpha value is -2.21. The van der Waals surface area contributed by atoms with Crippen molar-refractivity contribution in [3.63, 3.8) is 0 Å². The van der Waals surface area contributed by atoms with Gasteiger partial charge in [0.1, 0.15) is 0 Å². The molecule has 0 bridgehead atoms. The van der Waals surface area contributed by atoms with Gasteiger partial charge in [0.25, 0.3) is 5.89 Å². The minimum atomic E-state index is -0.660. The van der Waals surface area contributed by atoms with Gasteiger partial charge in [-0.25, -0.2) is 0 Å². The quantitative estimate of drug-likeness (QED) is 0.883. The first kappa shape index (κ1) is 15.2. The van der Waals surface area contributed by atoms with Crippen LogP contribution in [0.1, 0.15) is 26.6 Å². The molecule has 21 heavy (non-hydrogen) atoms. The highest BCUT2D eigenvalue weighted by atomic mass is 16.5. The predicted molar refractivity (Wildman–Crippen MR) is 80.9 cm³/mol. The van der Waals surface area contributed by atoms with Gasteiger partial charge in [-0.3, -0.25) is 4.79 Å². The van der Waals surface area contributed by atoms with Crippen molar-refractivity contribution in [1.29, 1.82) is 0 Å². The molecule has 6 heteroatoms. The van der Waals surface area contributed by atoms with Gasteiger partial charge in [0, 0.05) is 0 Å². The Morgan fingerprint density at radius 3 is 2.67 bits per heavy atom. The molecular weight excluding hydrogens is 268 g/mol. The second-order valence-corrected chi connectivity index (χ2v) is 5.30. The summed E-state index contributed by atoms with van der Waals surface area (Å²) in [5, 5.41) is 9.84. The summed E-state index contributed by atoms with van der Waals surface area (Å²) < 4.78 is 5.18. The normalized spacial score (nSPS) is 11.4. The average Bonchev–Trinajstić information content (AvgIpc) is 2.86. The second-order valence-electron chi connectivity index (χ2n) is 5.30. The van der Waals surface area contributed by atoms with E-state index in [2.05, 4.69) is 20.8 Å². The van der Waals surface area contributed by atoms with E-state index in [1.165, 1.54) is 0 Å². The second kappa shape index (κ2) is 6.05. The fourth-order valence-corrected chi connectivity index (χ4v) is 1.99. The maximum atomic E-state index is 12.4. The molecule has 0 aliphatic rings. The number of aryl methyl sites for hydroxylation is 1. The lowest BCUT2D eigenvalue weighted by atomic mass is 10.0. The third-order valence-electron chi connectivity index (χ3n) is 3.12. The number of aromatic nitrogens is 2. The van der Waals surface area contributed by atoms with Crippen LogP contribution in [0.4, 0.5) is 5.69 Å². The van der Waals surface area contributed by atoms with Gasteiger partial charge in [0.05, 0.1) is 16.8 Å². The molecule has 0 saturated heterocycles. The number of rotatable bonds is 5. The lowest BCUT2D eigenvalue weighted by Gasteiger charge is -2.24. The van der Waals surface area contributed by atoms with Gasteiger partial charge in [0.2, 0.25) is 5.91 Å². The first-order valence-electron chi connectivity index (χ1n) is 6.90. The van der Waals surface area contributed by atoms with E-state index in [0.717, 1.165) is 0 Å². The van der Waals surface area contributed by atoms with Crippen LogP contribution < -0.4 is 10.6 Å². The van der Waals surface area contributed by atoms with Crippen molar-refractivity contribution in [2.75, 3.05) is 11.9 Å². The molecule has 1 aromatic heterocycles. The molecule has 2 aromatic rings. The Morgan fingerprint density at radius 1 is 1.33 bits per heavy atom. The van der Waals surface area contributed by atoms with Crippen LogP contribution in [-0.4, -0.2) is 28.1 Å². The van der Waals surface area contributed by atoms with Crippen LogP contribution in [0, 0.1) is 6.92 Å². The smallest absolute Gasteiger partial charge is 0.260 e. The number of carbonyl (C=O) groups is 1. The van der Waals surface area contributed by atoms with Crippen molar-refractivity contribution in [2.24, 2.45) is 0 Å². The summed E-state index contributed by atoms with van der Waals surface area (Å²) >= 11 is 0. The summed E-state index contributed by atoms with van der Waals surface area (Å²) in [5.41, 5.74) is 0.697. The van der Waals surface area contributed by atoms with Gasteiger partial charge in [0.15, 0.2) is 5.82 Å². The number of benzene rings is 1. The van der Waals surface area contributed by atoms with Crippen LogP contribution in [0.15, 0.2) is 28.8 Å². The SMILES string of the molecule is CCNC(C)(C)C(=O)Nc1ccccc1-c1nc(C)no1. The van der Waals surface area contributed by atoms with E-state index in [4.69, 9.17) is 4.52 Å². The fourth-order valence-electron chi connectivity index (χ4n) is 1.99. The van der Waals surface area contributed by atoms with Crippen LogP contribution in [-0.2, 0) is 4.79 Å². The molecule has 2 rings (SSSR count). The zero-order chi connectivity index (χ0) is 15.5. The fraction of sp³-hybridized carbons (Fsp3) is 0.400. The largest absolute Gasteiger partial charge is 0.334 e. The highest BCUT2D eigenvalue weighted by molar-refractivity contribution is 6.00. The van der Waals surface area contributed by atoms with E-state index in [1.807, 2.05) is 45.0 Å². The number of para-hydroxylation sites is 1. The monoisotopic (exact) mass is 288 g/mol. The molecule has 0 spiro atoms. The minimum Gasteiger partial charge on any atom is -0.334 e. The summed E-state index contributed by atoms with van der Waals surface area (Å²) in [5.74, 6) is 0.830. The predicted octanol–water partition coefficient (Wildman–Crippen LogP) is 2.37. The molecule has 0 radical (unpaired) electrons. The number of hydrogen-bond donors (Lipinski definition) is 2. The molecular formula is C15H20N4O2. The van der Waals surface area contributed by atoms with E-state index in [0.29, 0.717) is 29.5 Å². The summed E-state index contributed by atoms with van der Waals surface area (Å²) in [6, 6.07) is 7.36. The van der Waals surface area contributed by atoms with Crippen LogP contribution in [0.3, 0.4) is 0 Å². The summed E-state index contributed by atoms with van der Waals surface area (Å²) in [6.07, 6.45) is 0. The van der Waals surface area contributed by atoms with Gasteiger partial charge in [-0.1, -0.05) is 24.2 Å². The van der Waals surface area contributed by atoms with Crippen molar-refractivity contribution >= 4 is 11.6 Å². The van der Waals surface area contributed by atoms with Gasteiger partial charge in [-0.15, -0.1) is 0 Å². The molecule has 0 fully saturated rings. The summed E-state index contributed by atoms with van der Waals surface area (Å²) in [6.45, 7) is 8.11. The highest BCUT2D eigenvalue weighted by Crippen LogP contribution is 2.26. The molecule has 6 nitrogen and oxygen atoms in total. The highest BCUT2D eigenvalue weighted by Gasteiger charge is 2.27. The summed E-state index contributed by atoms with van der Waals surface area (Å²) in [4.78, 5) is 16.6. The van der Waals surface area contributed by atoms with E-state index in [9.17, 15) is 4.79 Å². The topological polar surface area (TPSA) is 80.0 Å². The van der Waals surface area contributed by atoms with Crippen LogP contribution in [0.25, 0.3) is 11.5 Å². The molecule has 0 aliphatic heterocycles. The van der Waals surface area contributed by atoms with Crippen molar-refractivity contribution < 1.29 is 9.32 Å². The molecule has 0 unspecified atom stereocenters. The first-order valence-corrected chi connectivity index (χ1v) is 6.90. The molecule has 0 atom stereocenters. The van der Waals surface area contributed by atoms with Crippen LogP contribution in [0.2, 0.25) is 0 Å². The Morgan fingerprint density at radius 2 is 2.05 bits per heavy atom. The third kappa shape index (κ3) is 3.46. The Bertz CT molecular complexity index is 634. The number of hydrogen-bond acceptors (Lipinski definition) is 5. The van der Waals surface area contributed by atoms with Crippen molar-refractivity contribution in [3.05, 3.63) is 30.1 Å². The number of anilines is 1.